The van der Waals surface area contributed by atoms with Crippen molar-refractivity contribution in [1.29, 1.82) is 0 Å². The molecule has 0 saturated carbocycles. The molecule has 1 amide bonds. The number of rotatable bonds is 4. The average molecular weight is 405 g/mol. The van der Waals surface area contributed by atoms with Crippen LogP contribution in [-0.4, -0.2) is 48.1 Å². The lowest BCUT2D eigenvalue weighted by Gasteiger charge is -2.32. The van der Waals surface area contributed by atoms with Crippen LogP contribution in [0.2, 0.25) is 0 Å². The molecule has 0 bridgehead atoms. The van der Waals surface area contributed by atoms with Crippen LogP contribution < -0.4 is 10.4 Å². The van der Waals surface area contributed by atoms with Crippen molar-refractivity contribution in [3.63, 3.8) is 0 Å². The first-order chi connectivity index (χ1) is 13.0. The number of carbonyl (C=O) groups excluding carboxylic acids is 1. The number of amides is 1. The van der Waals surface area contributed by atoms with Crippen LogP contribution in [-0.2, 0) is 25.3 Å². The average Bonchev–Trinajstić information content (AvgIpc) is 2.74. The third-order valence-electron chi connectivity index (χ3n) is 5.41. The van der Waals surface area contributed by atoms with E-state index in [9.17, 15) is 14.7 Å². The molecule has 1 N–H and O–H groups in total. The Hall–Kier alpha value is -2.06. The molecule has 8 heteroatoms. The van der Waals surface area contributed by atoms with Crippen molar-refractivity contribution in [2.75, 3.05) is 11.9 Å². The summed E-state index contributed by atoms with van der Waals surface area (Å²) in [4.78, 5) is 25.4. The molecule has 1 saturated heterocycles. The number of anilines is 1. The van der Waals surface area contributed by atoms with E-state index in [1.165, 1.54) is 4.90 Å². The van der Waals surface area contributed by atoms with E-state index >= 15 is 0 Å². The summed E-state index contributed by atoms with van der Waals surface area (Å²) < 4.78 is 17.7. The van der Waals surface area contributed by atoms with Gasteiger partial charge in [-0.05, 0) is 78.0 Å². The molecule has 2 rings (SSSR count). The van der Waals surface area contributed by atoms with Gasteiger partial charge in [-0.3, -0.25) is 9.69 Å². The predicted molar refractivity (Wildman–Crippen MR) is 113 cm³/mol. The molecule has 160 valence electrons. The van der Waals surface area contributed by atoms with Crippen molar-refractivity contribution >= 4 is 30.3 Å². The highest BCUT2D eigenvalue weighted by Crippen LogP contribution is 2.37. The van der Waals surface area contributed by atoms with Gasteiger partial charge < -0.3 is 19.2 Å². The molecule has 0 unspecified atom stereocenters. The SMILES string of the molecule is Cc1c(CC(=O)O)cc(B2OC(C)(C)C(C)(C)O2)cc1N(C)C(=O)OC(C)(C)C. The van der Waals surface area contributed by atoms with Crippen molar-refractivity contribution in [3.05, 3.63) is 23.3 Å². The molecule has 1 aromatic rings. The Labute approximate surface area is 173 Å². The van der Waals surface area contributed by atoms with Crippen molar-refractivity contribution in [2.45, 2.75) is 78.6 Å². The van der Waals surface area contributed by atoms with Crippen molar-refractivity contribution in [3.8, 4) is 0 Å². The van der Waals surface area contributed by atoms with E-state index < -0.39 is 36.0 Å². The third kappa shape index (κ3) is 5.11. The maximum Gasteiger partial charge on any atom is 0.494 e. The van der Waals surface area contributed by atoms with Crippen LogP contribution in [0, 0.1) is 6.92 Å². The summed E-state index contributed by atoms with van der Waals surface area (Å²) in [5.41, 5.74) is 0.793. The summed E-state index contributed by atoms with van der Waals surface area (Å²) in [7, 11) is 0.938. The van der Waals surface area contributed by atoms with Crippen molar-refractivity contribution in [2.24, 2.45) is 0 Å². The number of carboxylic acid groups (broad SMARTS) is 1. The summed E-state index contributed by atoms with van der Waals surface area (Å²) in [6, 6.07) is 3.57. The van der Waals surface area contributed by atoms with E-state index in [-0.39, 0.29) is 6.42 Å². The first-order valence-electron chi connectivity index (χ1n) is 9.71. The zero-order valence-electron chi connectivity index (χ0n) is 18.9. The van der Waals surface area contributed by atoms with Gasteiger partial charge in [0.1, 0.15) is 5.60 Å². The maximum atomic E-state index is 12.6. The number of benzene rings is 1. The second-order valence-corrected chi connectivity index (χ2v) is 9.52. The number of hydrogen-bond acceptors (Lipinski definition) is 5. The quantitative estimate of drug-likeness (QED) is 0.774. The van der Waals surface area contributed by atoms with Crippen LogP contribution in [0.5, 0.6) is 0 Å². The summed E-state index contributed by atoms with van der Waals surface area (Å²) in [5.74, 6) is -0.954. The zero-order chi connectivity index (χ0) is 22.4. The van der Waals surface area contributed by atoms with Gasteiger partial charge in [0.05, 0.1) is 17.6 Å². The molecule has 0 atom stereocenters. The largest absolute Gasteiger partial charge is 0.494 e. The molecule has 1 fully saturated rings. The van der Waals surface area contributed by atoms with Gasteiger partial charge in [-0.1, -0.05) is 6.07 Å². The molecule has 0 aromatic heterocycles. The minimum absolute atomic E-state index is 0.172. The number of nitrogens with zero attached hydrogens (tertiary/aromatic N) is 1. The molecular formula is C21H32BNO6. The molecule has 29 heavy (non-hydrogen) atoms. The Morgan fingerprint density at radius 1 is 1.14 bits per heavy atom. The van der Waals surface area contributed by atoms with Gasteiger partial charge in [0, 0.05) is 12.7 Å². The normalized spacial score (nSPS) is 17.9. The first kappa shape index (κ1) is 23.2. The molecule has 1 aromatic carbocycles. The van der Waals surface area contributed by atoms with E-state index in [0.717, 1.165) is 0 Å². The lowest BCUT2D eigenvalue weighted by molar-refractivity contribution is -0.136. The molecule has 0 aliphatic carbocycles. The highest BCUT2D eigenvalue weighted by atomic mass is 16.7. The maximum absolute atomic E-state index is 12.6. The summed E-state index contributed by atoms with van der Waals surface area (Å²) in [5, 5.41) is 9.34. The molecule has 1 aliphatic heterocycles. The first-order valence-corrected chi connectivity index (χ1v) is 9.71. The Balaban J connectivity index is 2.50. The van der Waals surface area contributed by atoms with E-state index in [4.69, 9.17) is 14.0 Å². The van der Waals surface area contributed by atoms with Crippen LogP contribution in [0.25, 0.3) is 0 Å². The number of aliphatic carboxylic acids is 1. The molecule has 1 aliphatic rings. The Morgan fingerprint density at radius 2 is 1.66 bits per heavy atom. The van der Waals surface area contributed by atoms with Crippen molar-refractivity contribution < 1.29 is 28.7 Å². The molecular weight excluding hydrogens is 373 g/mol. The minimum atomic E-state index is -0.954. The van der Waals surface area contributed by atoms with Crippen LogP contribution in [0.15, 0.2) is 12.1 Å². The second kappa shape index (κ2) is 7.65. The molecule has 1 heterocycles. The van der Waals surface area contributed by atoms with E-state index in [0.29, 0.717) is 22.3 Å². The van der Waals surface area contributed by atoms with Gasteiger partial charge >= 0.3 is 19.2 Å². The third-order valence-corrected chi connectivity index (χ3v) is 5.41. The van der Waals surface area contributed by atoms with Crippen LogP contribution >= 0.6 is 0 Å². The van der Waals surface area contributed by atoms with Gasteiger partial charge in [0.15, 0.2) is 0 Å². The van der Waals surface area contributed by atoms with Crippen LogP contribution in [0.4, 0.5) is 10.5 Å². The molecule has 7 nitrogen and oxygen atoms in total. The lowest BCUT2D eigenvalue weighted by atomic mass is 9.77. The van der Waals surface area contributed by atoms with E-state index in [1.54, 1.807) is 46.9 Å². The molecule has 0 spiro atoms. The standard InChI is InChI=1S/C21H32BNO6/c1-13-14(11-17(24)25)10-15(22-28-20(5,6)21(7,8)29-22)12-16(13)23(9)18(26)27-19(2,3)4/h10,12H,11H2,1-9H3,(H,24,25). The summed E-state index contributed by atoms with van der Waals surface area (Å²) in [6.07, 6.45) is -0.693. The highest BCUT2D eigenvalue weighted by Gasteiger charge is 2.52. The fourth-order valence-corrected chi connectivity index (χ4v) is 3.02. The summed E-state index contributed by atoms with van der Waals surface area (Å²) >= 11 is 0. The fraction of sp³-hybridized carbons (Fsp3) is 0.619. The van der Waals surface area contributed by atoms with Gasteiger partial charge in [0.25, 0.3) is 0 Å². The van der Waals surface area contributed by atoms with E-state index in [2.05, 4.69) is 0 Å². The smallest absolute Gasteiger partial charge is 0.481 e. The Kier molecular flexibility index (Phi) is 6.13. The number of ether oxygens (including phenoxy) is 1. The van der Waals surface area contributed by atoms with Crippen molar-refractivity contribution in [1.82, 2.24) is 0 Å². The van der Waals surface area contributed by atoms with Crippen LogP contribution in [0.3, 0.4) is 0 Å². The van der Waals surface area contributed by atoms with E-state index in [1.807, 2.05) is 27.7 Å². The second-order valence-electron chi connectivity index (χ2n) is 9.52. The molecule has 0 radical (unpaired) electrons. The van der Waals surface area contributed by atoms with Gasteiger partial charge in [0.2, 0.25) is 0 Å². The minimum Gasteiger partial charge on any atom is -0.481 e. The topological polar surface area (TPSA) is 85.3 Å². The highest BCUT2D eigenvalue weighted by molar-refractivity contribution is 6.62. The van der Waals surface area contributed by atoms with Gasteiger partial charge in [-0.25, -0.2) is 4.79 Å². The number of hydrogen-bond donors (Lipinski definition) is 1. The predicted octanol–water partition coefficient (Wildman–Crippen LogP) is 3.29. The summed E-state index contributed by atoms with van der Waals surface area (Å²) in [6.45, 7) is 15.0. The fourth-order valence-electron chi connectivity index (χ4n) is 3.02. The zero-order valence-corrected chi connectivity index (χ0v) is 18.9. The number of carboxylic acids is 1. The monoisotopic (exact) mass is 405 g/mol. The van der Waals surface area contributed by atoms with Gasteiger partial charge in [-0.2, -0.15) is 0 Å². The lowest BCUT2D eigenvalue weighted by Crippen LogP contribution is -2.41. The van der Waals surface area contributed by atoms with Crippen LogP contribution in [0.1, 0.15) is 59.6 Å². The van der Waals surface area contributed by atoms with Gasteiger partial charge in [-0.15, -0.1) is 0 Å². The Bertz CT molecular complexity index is 796. The Morgan fingerprint density at radius 3 is 2.10 bits per heavy atom. The number of carbonyl (C=O) groups is 2.